The molecule has 0 atom stereocenters. The number of hydrogen-bond acceptors (Lipinski definition) is 6. The third kappa shape index (κ3) is 6.18. The molecule has 0 spiro atoms. The van der Waals surface area contributed by atoms with Gasteiger partial charge in [-0.2, -0.15) is 0 Å². The maximum absolute atomic E-state index is 12.9. The van der Waals surface area contributed by atoms with Gasteiger partial charge in [0.2, 0.25) is 0 Å². The Hall–Kier alpha value is -2.65. The van der Waals surface area contributed by atoms with Crippen molar-refractivity contribution < 1.29 is 23.8 Å². The molecule has 4 rings (SSSR count). The van der Waals surface area contributed by atoms with Gasteiger partial charge in [0.15, 0.2) is 17.2 Å². The third-order valence-electron chi connectivity index (χ3n) is 5.16. The highest BCUT2D eigenvalue weighted by Gasteiger charge is 2.35. The minimum absolute atomic E-state index is 0.110. The van der Waals surface area contributed by atoms with E-state index in [1.54, 1.807) is 43.5 Å². The zero-order valence-corrected chi connectivity index (χ0v) is 22.9. The van der Waals surface area contributed by atoms with Gasteiger partial charge in [-0.05, 0) is 69.7 Å². The first-order valence-electron chi connectivity index (χ1n) is 10.7. The highest BCUT2D eigenvalue weighted by molar-refractivity contribution is 9.10. The minimum Gasteiger partial charge on any atom is -0.493 e. The fraction of sp³-hybridized carbons (Fsp3) is 0.154. The van der Waals surface area contributed by atoms with Crippen LogP contribution < -0.4 is 14.2 Å². The number of para-hydroxylation sites is 2. The molecule has 2 amide bonds. The van der Waals surface area contributed by atoms with Crippen molar-refractivity contribution in [1.82, 2.24) is 4.90 Å². The predicted octanol–water partition coefficient (Wildman–Crippen LogP) is 7.46. The smallest absolute Gasteiger partial charge is 0.293 e. The highest BCUT2D eigenvalue weighted by Crippen LogP contribution is 2.38. The molecule has 1 saturated heterocycles. The van der Waals surface area contributed by atoms with Crippen LogP contribution in [-0.2, 0) is 11.4 Å². The highest BCUT2D eigenvalue weighted by atomic mass is 79.9. The summed E-state index contributed by atoms with van der Waals surface area (Å²) in [6.07, 6.45) is 1.63. The average molecular weight is 609 g/mol. The quantitative estimate of drug-likeness (QED) is 0.235. The summed E-state index contributed by atoms with van der Waals surface area (Å²) in [5.74, 6) is 1.18. The molecule has 186 valence electrons. The van der Waals surface area contributed by atoms with Gasteiger partial charge in [-0.25, -0.2) is 0 Å². The van der Waals surface area contributed by atoms with Gasteiger partial charge in [0, 0.05) is 10.6 Å². The molecule has 0 aliphatic carbocycles. The summed E-state index contributed by atoms with van der Waals surface area (Å²) < 4.78 is 17.4. The molecule has 0 saturated carbocycles. The lowest BCUT2D eigenvalue weighted by atomic mass is 10.2. The van der Waals surface area contributed by atoms with E-state index in [9.17, 15) is 9.59 Å². The Morgan fingerprint density at radius 3 is 2.42 bits per heavy atom. The number of carbonyl (C=O) groups excluding carboxylic acids is 2. The van der Waals surface area contributed by atoms with E-state index >= 15 is 0 Å². The fourth-order valence-electron chi connectivity index (χ4n) is 3.40. The van der Waals surface area contributed by atoms with Crippen molar-refractivity contribution >= 4 is 68.1 Å². The molecule has 0 N–H and O–H groups in total. The second-order valence-corrected chi connectivity index (χ2v) is 10.2. The van der Waals surface area contributed by atoms with E-state index in [1.165, 1.54) is 0 Å². The number of amides is 2. The van der Waals surface area contributed by atoms with Crippen LogP contribution >= 0.6 is 50.9 Å². The van der Waals surface area contributed by atoms with Gasteiger partial charge < -0.3 is 14.2 Å². The van der Waals surface area contributed by atoms with Crippen molar-refractivity contribution in [3.63, 3.8) is 0 Å². The molecule has 1 aliphatic heterocycles. The number of rotatable bonds is 9. The normalized spacial score (nSPS) is 14.4. The van der Waals surface area contributed by atoms with Crippen LogP contribution in [0.3, 0.4) is 0 Å². The number of nitrogens with zero attached hydrogens (tertiary/aromatic N) is 1. The molecule has 0 radical (unpaired) electrons. The van der Waals surface area contributed by atoms with Crippen LogP contribution in [0.5, 0.6) is 17.2 Å². The average Bonchev–Trinajstić information content (AvgIpc) is 3.12. The maximum atomic E-state index is 12.9. The summed E-state index contributed by atoms with van der Waals surface area (Å²) in [6.45, 7) is 0.493. The number of imide groups is 1. The molecule has 36 heavy (non-hydrogen) atoms. The molecule has 1 fully saturated rings. The number of ether oxygens (including phenoxy) is 3. The summed E-state index contributed by atoms with van der Waals surface area (Å²) in [4.78, 5) is 26.8. The summed E-state index contributed by atoms with van der Waals surface area (Å²) in [7, 11) is 1.55. The van der Waals surface area contributed by atoms with Crippen LogP contribution in [0, 0.1) is 0 Å². The van der Waals surface area contributed by atoms with E-state index in [2.05, 4.69) is 15.9 Å². The van der Waals surface area contributed by atoms with Crippen molar-refractivity contribution in [3.8, 4) is 17.2 Å². The van der Waals surface area contributed by atoms with Gasteiger partial charge in [0.25, 0.3) is 11.1 Å². The van der Waals surface area contributed by atoms with E-state index in [1.807, 2.05) is 30.3 Å². The molecule has 0 bridgehead atoms. The lowest BCUT2D eigenvalue weighted by Crippen LogP contribution is -2.32. The second-order valence-electron chi connectivity index (χ2n) is 7.53. The summed E-state index contributed by atoms with van der Waals surface area (Å²) >= 11 is 17.0. The van der Waals surface area contributed by atoms with Crippen LogP contribution in [0.2, 0.25) is 10.0 Å². The number of hydrogen-bond donors (Lipinski definition) is 0. The summed E-state index contributed by atoms with van der Waals surface area (Å²) in [5, 5.41) is 0.595. The first-order valence-corrected chi connectivity index (χ1v) is 13.1. The predicted molar refractivity (Wildman–Crippen MR) is 146 cm³/mol. The first-order chi connectivity index (χ1) is 17.4. The van der Waals surface area contributed by atoms with E-state index in [0.717, 1.165) is 22.2 Å². The Kier molecular flexibility index (Phi) is 8.85. The number of halogens is 3. The molecule has 1 heterocycles. The zero-order valence-electron chi connectivity index (χ0n) is 19.0. The maximum Gasteiger partial charge on any atom is 0.293 e. The number of carbonyl (C=O) groups is 2. The third-order valence-corrected chi connectivity index (χ3v) is 7.31. The van der Waals surface area contributed by atoms with Crippen LogP contribution in [0.1, 0.15) is 11.1 Å². The Labute approximate surface area is 231 Å². The van der Waals surface area contributed by atoms with Crippen molar-refractivity contribution in [2.45, 2.75) is 6.61 Å². The Balaban J connectivity index is 1.41. The number of benzene rings is 3. The molecule has 0 unspecified atom stereocenters. The number of methoxy groups -OCH3 is 1. The van der Waals surface area contributed by atoms with Crippen LogP contribution in [0.4, 0.5) is 4.79 Å². The monoisotopic (exact) mass is 607 g/mol. The molecule has 3 aromatic carbocycles. The molecule has 1 aliphatic rings. The molecule has 6 nitrogen and oxygen atoms in total. The zero-order chi connectivity index (χ0) is 25.7. The molecule has 3 aromatic rings. The van der Waals surface area contributed by atoms with Gasteiger partial charge in [0.1, 0.15) is 13.2 Å². The molecular weight excluding hydrogens is 589 g/mol. The van der Waals surface area contributed by atoms with E-state index in [0.29, 0.717) is 42.2 Å². The van der Waals surface area contributed by atoms with E-state index in [-0.39, 0.29) is 30.9 Å². The van der Waals surface area contributed by atoms with Crippen LogP contribution in [0.15, 0.2) is 70.0 Å². The minimum atomic E-state index is -0.389. The van der Waals surface area contributed by atoms with Gasteiger partial charge >= 0.3 is 0 Å². The van der Waals surface area contributed by atoms with Crippen molar-refractivity contribution in [2.24, 2.45) is 0 Å². The Bertz CT molecular complexity index is 1310. The van der Waals surface area contributed by atoms with Gasteiger partial charge in [-0.15, -0.1) is 0 Å². The van der Waals surface area contributed by atoms with Crippen molar-refractivity contribution in [3.05, 3.63) is 91.2 Å². The lowest BCUT2D eigenvalue weighted by molar-refractivity contribution is -0.123. The summed E-state index contributed by atoms with van der Waals surface area (Å²) in [5.41, 5.74) is 1.47. The lowest BCUT2D eigenvalue weighted by Gasteiger charge is -2.14. The molecule has 10 heteroatoms. The van der Waals surface area contributed by atoms with Crippen LogP contribution in [0.25, 0.3) is 6.08 Å². The molecular formula is C26H20BrCl2NO5S. The SMILES string of the molecule is COc1ccccc1OCCN1C(=O)S/C(=C\c2cc(Cl)c(OCc3ccccc3Cl)c(Br)c2)C1=O. The number of thioether (sulfide) groups is 1. The van der Waals surface area contributed by atoms with Gasteiger partial charge in [-0.1, -0.05) is 53.5 Å². The van der Waals surface area contributed by atoms with Crippen molar-refractivity contribution in [2.75, 3.05) is 20.3 Å². The van der Waals surface area contributed by atoms with Gasteiger partial charge in [0.05, 0.1) is 28.1 Å². The van der Waals surface area contributed by atoms with Gasteiger partial charge in [-0.3, -0.25) is 14.5 Å². The van der Waals surface area contributed by atoms with E-state index in [4.69, 9.17) is 37.4 Å². The second kappa shape index (κ2) is 12.1. The fourth-order valence-corrected chi connectivity index (χ4v) is 5.44. The molecule has 0 aromatic heterocycles. The van der Waals surface area contributed by atoms with Crippen LogP contribution in [-0.4, -0.2) is 36.3 Å². The van der Waals surface area contributed by atoms with E-state index < -0.39 is 0 Å². The largest absolute Gasteiger partial charge is 0.493 e. The Morgan fingerprint density at radius 2 is 1.69 bits per heavy atom. The summed E-state index contributed by atoms with van der Waals surface area (Å²) in [6, 6.07) is 18.0. The first kappa shape index (κ1) is 26.4. The Morgan fingerprint density at radius 1 is 0.972 bits per heavy atom. The topological polar surface area (TPSA) is 65.1 Å². The standard InChI is InChI=1S/C26H20BrCl2NO5S/c1-33-21-8-4-5-9-22(21)34-11-10-30-25(31)23(36-26(30)32)14-16-12-18(27)24(20(29)13-16)35-15-17-6-2-3-7-19(17)28/h2-9,12-14H,10-11,15H2,1H3/b23-14-. The van der Waals surface area contributed by atoms with Crippen molar-refractivity contribution in [1.29, 1.82) is 0 Å².